The highest BCUT2D eigenvalue weighted by Gasteiger charge is 2.01. The molecule has 0 unspecified atom stereocenters. The molecule has 1 amide bonds. The lowest BCUT2D eigenvalue weighted by atomic mass is 10.1. The highest BCUT2D eigenvalue weighted by molar-refractivity contribution is 7.99. The van der Waals surface area contributed by atoms with Crippen molar-refractivity contribution in [3.8, 4) is 5.75 Å². The van der Waals surface area contributed by atoms with Crippen molar-refractivity contribution >= 4 is 17.7 Å². The van der Waals surface area contributed by atoms with Crippen LogP contribution in [0.3, 0.4) is 0 Å². The van der Waals surface area contributed by atoms with Gasteiger partial charge in [0.25, 0.3) is 0 Å². The summed E-state index contributed by atoms with van der Waals surface area (Å²) in [5.74, 6) is 2.59. The highest BCUT2D eigenvalue weighted by Crippen LogP contribution is 2.19. The lowest BCUT2D eigenvalue weighted by molar-refractivity contribution is -0.118. The maximum Gasteiger partial charge on any atom is 0.229 e. The van der Waals surface area contributed by atoms with Crippen LogP contribution in [0.2, 0.25) is 0 Å². The number of carbonyl (C=O) groups excluding carboxylic acids is 1. The largest absolute Gasteiger partial charge is 0.493 e. The van der Waals surface area contributed by atoms with Crippen LogP contribution in [0.5, 0.6) is 5.75 Å². The van der Waals surface area contributed by atoms with Gasteiger partial charge in [-0.05, 0) is 49.6 Å². The Labute approximate surface area is 126 Å². The summed E-state index contributed by atoms with van der Waals surface area (Å²) < 4.78 is 5.78. The molecule has 1 aromatic carbocycles. The predicted octanol–water partition coefficient (Wildman–Crippen LogP) is 3.33. The first-order valence-electron chi connectivity index (χ1n) is 7.18. The van der Waals surface area contributed by atoms with Gasteiger partial charge in [0, 0.05) is 6.54 Å². The van der Waals surface area contributed by atoms with E-state index in [1.54, 1.807) is 11.8 Å². The zero-order chi connectivity index (χ0) is 14.8. The van der Waals surface area contributed by atoms with Gasteiger partial charge in [-0.2, -0.15) is 11.8 Å². The number of ether oxygens (including phenoxy) is 1. The number of amides is 1. The molecule has 0 spiro atoms. The summed E-state index contributed by atoms with van der Waals surface area (Å²) in [4.78, 5) is 11.4. The topological polar surface area (TPSA) is 38.3 Å². The van der Waals surface area contributed by atoms with E-state index in [-0.39, 0.29) is 5.91 Å². The number of carbonyl (C=O) groups is 1. The zero-order valence-electron chi connectivity index (χ0n) is 12.7. The third kappa shape index (κ3) is 6.85. The van der Waals surface area contributed by atoms with Gasteiger partial charge in [0.05, 0.1) is 12.4 Å². The fourth-order valence-corrected chi connectivity index (χ4v) is 2.44. The summed E-state index contributed by atoms with van der Waals surface area (Å²) in [6.07, 6.45) is 1.94. The van der Waals surface area contributed by atoms with Crippen molar-refractivity contribution in [2.24, 2.45) is 0 Å². The maximum absolute atomic E-state index is 11.4. The van der Waals surface area contributed by atoms with Crippen molar-refractivity contribution in [3.63, 3.8) is 0 Å². The molecular weight excluding hydrogens is 270 g/mol. The summed E-state index contributed by atoms with van der Waals surface area (Å²) in [5.41, 5.74) is 2.38. The van der Waals surface area contributed by atoms with Crippen LogP contribution in [0.25, 0.3) is 0 Å². The number of hydrogen-bond acceptors (Lipinski definition) is 3. The molecule has 0 aliphatic heterocycles. The molecular formula is C16H25NO2S. The summed E-state index contributed by atoms with van der Waals surface area (Å²) in [7, 11) is 0. The van der Waals surface area contributed by atoms with Crippen LogP contribution < -0.4 is 10.1 Å². The molecule has 1 rings (SSSR count). The van der Waals surface area contributed by atoms with Gasteiger partial charge in [-0.3, -0.25) is 4.79 Å². The van der Waals surface area contributed by atoms with E-state index >= 15 is 0 Å². The highest BCUT2D eigenvalue weighted by atomic mass is 32.2. The lowest BCUT2D eigenvalue weighted by Gasteiger charge is -2.09. The molecule has 0 aliphatic carbocycles. The van der Waals surface area contributed by atoms with Gasteiger partial charge in [-0.1, -0.05) is 19.1 Å². The lowest BCUT2D eigenvalue weighted by Crippen LogP contribution is -2.25. The average molecular weight is 295 g/mol. The number of thioether (sulfide) groups is 1. The van der Waals surface area contributed by atoms with Gasteiger partial charge < -0.3 is 10.1 Å². The van der Waals surface area contributed by atoms with E-state index in [9.17, 15) is 4.79 Å². The van der Waals surface area contributed by atoms with Crippen LogP contribution in [0, 0.1) is 13.8 Å². The summed E-state index contributed by atoms with van der Waals surface area (Å²) in [6.45, 7) is 7.65. The van der Waals surface area contributed by atoms with E-state index in [0.717, 1.165) is 30.9 Å². The van der Waals surface area contributed by atoms with Gasteiger partial charge in [-0.25, -0.2) is 0 Å². The molecule has 4 heteroatoms. The van der Waals surface area contributed by atoms with Gasteiger partial charge in [-0.15, -0.1) is 0 Å². The van der Waals surface area contributed by atoms with E-state index in [1.807, 2.05) is 0 Å². The Balaban J connectivity index is 2.10. The van der Waals surface area contributed by atoms with E-state index in [0.29, 0.717) is 12.4 Å². The molecule has 20 heavy (non-hydrogen) atoms. The van der Waals surface area contributed by atoms with Crippen LogP contribution in [0.1, 0.15) is 30.9 Å². The molecule has 1 N–H and O–H groups in total. The Morgan fingerprint density at radius 3 is 2.90 bits per heavy atom. The second-order valence-corrected chi connectivity index (χ2v) is 5.98. The first-order chi connectivity index (χ1) is 9.63. The molecule has 0 radical (unpaired) electrons. The third-order valence-electron chi connectivity index (χ3n) is 2.84. The minimum absolute atomic E-state index is 0.132. The van der Waals surface area contributed by atoms with E-state index in [4.69, 9.17) is 4.74 Å². The van der Waals surface area contributed by atoms with Crippen molar-refractivity contribution in [2.75, 3.05) is 24.7 Å². The third-order valence-corrected chi connectivity index (χ3v) is 3.88. The van der Waals surface area contributed by atoms with Gasteiger partial charge in [0.2, 0.25) is 5.91 Å². The quantitative estimate of drug-likeness (QED) is 0.710. The minimum atomic E-state index is 0.132. The van der Waals surface area contributed by atoms with Crippen LogP contribution in [0.4, 0.5) is 0 Å². The molecule has 0 bridgehead atoms. The number of rotatable bonds is 9. The fraction of sp³-hybridized carbons (Fsp3) is 0.562. The number of benzene rings is 1. The monoisotopic (exact) mass is 295 g/mol. The SMILES string of the molecule is CCCNC(=O)CSCCCOc1cc(C)ccc1C. The molecule has 0 saturated carbocycles. The van der Waals surface area contributed by atoms with Crippen LogP contribution in [-0.4, -0.2) is 30.6 Å². The van der Waals surface area contributed by atoms with Crippen molar-refractivity contribution in [1.29, 1.82) is 0 Å². The van der Waals surface area contributed by atoms with Crippen molar-refractivity contribution in [2.45, 2.75) is 33.6 Å². The second kappa shape index (κ2) is 9.70. The van der Waals surface area contributed by atoms with Gasteiger partial charge in [0.15, 0.2) is 0 Å². The van der Waals surface area contributed by atoms with E-state index in [2.05, 4.69) is 44.3 Å². The Bertz CT molecular complexity index is 421. The minimum Gasteiger partial charge on any atom is -0.493 e. The molecule has 0 heterocycles. The summed E-state index contributed by atoms with van der Waals surface area (Å²) in [5, 5.41) is 2.87. The zero-order valence-corrected chi connectivity index (χ0v) is 13.5. The Morgan fingerprint density at radius 1 is 1.35 bits per heavy atom. The number of hydrogen-bond donors (Lipinski definition) is 1. The standard InChI is InChI=1S/C16H25NO2S/c1-4-8-17-16(18)12-20-10-5-9-19-15-11-13(2)6-7-14(15)3/h6-7,11H,4-5,8-10,12H2,1-3H3,(H,17,18). The van der Waals surface area contributed by atoms with Crippen molar-refractivity contribution < 1.29 is 9.53 Å². The number of nitrogens with one attached hydrogen (secondary N) is 1. The summed E-state index contributed by atoms with van der Waals surface area (Å²) in [6, 6.07) is 6.24. The normalized spacial score (nSPS) is 10.3. The Kier molecular flexibility index (Phi) is 8.19. The Morgan fingerprint density at radius 2 is 2.15 bits per heavy atom. The molecule has 112 valence electrons. The summed E-state index contributed by atoms with van der Waals surface area (Å²) >= 11 is 1.66. The first kappa shape index (κ1) is 16.9. The van der Waals surface area contributed by atoms with Crippen molar-refractivity contribution in [1.82, 2.24) is 5.32 Å². The van der Waals surface area contributed by atoms with Gasteiger partial charge >= 0.3 is 0 Å². The van der Waals surface area contributed by atoms with Crippen molar-refractivity contribution in [3.05, 3.63) is 29.3 Å². The fourth-order valence-electron chi connectivity index (χ4n) is 1.69. The predicted molar refractivity (Wildman–Crippen MR) is 86.7 cm³/mol. The molecule has 0 saturated heterocycles. The molecule has 0 atom stereocenters. The molecule has 0 aromatic heterocycles. The van der Waals surface area contributed by atoms with Crippen LogP contribution in [-0.2, 0) is 4.79 Å². The second-order valence-electron chi connectivity index (χ2n) is 4.87. The van der Waals surface area contributed by atoms with Gasteiger partial charge in [0.1, 0.15) is 5.75 Å². The molecule has 0 aliphatic rings. The Hall–Kier alpha value is -1.16. The number of aryl methyl sites for hydroxylation is 2. The van der Waals surface area contributed by atoms with Crippen LogP contribution in [0.15, 0.2) is 18.2 Å². The first-order valence-corrected chi connectivity index (χ1v) is 8.33. The molecule has 0 fully saturated rings. The maximum atomic E-state index is 11.4. The molecule has 1 aromatic rings. The average Bonchev–Trinajstić information content (AvgIpc) is 2.43. The van der Waals surface area contributed by atoms with E-state index < -0.39 is 0 Å². The van der Waals surface area contributed by atoms with E-state index in [1.165, 1.54) is 11.1 Å². The van der Waals surface area contributed by atoms with Crippen LogP contribution >= 0.6 is 11.8 Å². The smallest absolute Gasteiger partial charge is 0.229 e. The molecule has 3 nitrogen and oxygen atoms in total.